The minimum Gasteiger partial charge on any atom is -0.493 e. The zero-order valence-electron chi connectivity index (χ0n) is 16.2. The van der Waals surface area contributed by atoms with Crippen LogP contribution in [0.3, 0.4) is 0 Å². The van der Waals surface area contributed by atoms with Gasteiger partial charge in [-0.1, -0.05) is 37.3 Å². The van der Waals surface area contributed by atoms with Crippen molar-refractivity contribution >= 4 is 27.5 Å². The third-order valence-corrected chi connectivity index (χ3v) is 7.73. The summed E-state index contributed by atoms with van der Waals surface area (Å²) in [7, 11) is -2.00. The number of aromatic nitrogens is 2. The fourth-order valence-electron chi connectivity index (χ4n) is 3.18. The predicted octanol–water partition coefficient (Wildman–Crippen LogP) is 3.25. The largest absolute Gasteiger partial charge is 0.503 e. The van der Waals surface area contributed by atoms with Crippen LogP contribution in [-0.2, 0) is 10.0 Å². The Hall–Kier alpha value is -2.89. The van der Waals surface area contributed by atoms with E-state index in [0.717, 1.165) is 5.00 Å². The van der Waals surface area contributed by atoms with E-state index < -0.39 is 16.2 Å². The zero-order valence-corrected chi connectivity index (χ0v) is 17.8. The molecule has 1 aromatic carbocycles. The molecule has 0 amide bonds. The van der Waals surface area contributed by atoms with Crippen molar-refractivity contribution in [2.45, 2.75) is 23.1 Å². The average Bonchev–Trinajstić information content (AvgIpc) is 3.14. The van der Waals surface area contributed by atoms with Gasteiger partial charge in [-0.25, -0.2) is 22.6 Å². The number of sulfonamides is 1. The van der Waals surface area contributed by atoms with Gasteiger partial charge in [0, 0.05) is 12.0 Å². The second-order valence-corrected chi connectivity index (χ2v) is 9.65. The number of nitrogens with zero attached hydrogens (tertiary/aromatic N) is 2. The van der Waals surface area contributed by atoms with Gasteiger partial charge in [-0.2, -0.15) is 5.10 Å². The molecule has 2 aromatic heterocycles. The third-order valence-electron chi connectivity index (χ3n) is 4.71. The Bertz CT molecular complexity index is 1110. The van der Waals surface area contributed by atoms with E-state index in [1.807, 2.05) is 30.3 Å². The van der Waals surface area contributed by atoms with Gasteiger partial charge in [0.2, 0.25) is 10.0 Å². The molecule has 160 valence electrons. The lowest BCUT2D eigenvalue weighted by molar-refractivity contribution is 0.137. The molecule has 1 fully saturated rings. The van der Waals surface area contributed by atoms with Crippen molar-refractivity contribution in [3.05, 3.63) is 60.4 Å². The molecule has 9 nitrogen and oxygen atoms in total. The zero-order chi connectivity index (χ0) is 21.9. The lowest BCUT2D eigenvalue weighted by atomic mass is 10.1. The highest BCUT2D eigenvalue weighted by atomic mass is 32.2. The molecule has 0 radical (unpaired) electrons. The monoisotopic (exact) mass is 451 g/mol. The number of nitrogens with one attached hydrogen (secondary N) is 1. The number of thiophene rings is 1. The molecule has 2 heterocycles. The van der Waals surface area contributed by atoms with Crippen LogP contribution in [0.4, 0.5) is 4.79 Å². The van der Waals surface area contributed by atoms with Gasteiger partial charge in [-0.3, -0.25) is 0 Å². The van der Waals surface area contributed by atoms with Gasteiger partial charge < -0.3 is 14.9 Å². The van der Waals surface area contributed by atoms with Crippen molar-refractivity contribution in [1.29, 1.82) is 0 Å². The highest BCUT2D eigenvalue weighted by molar-refractivity contribution is 7.91. The van der Waals surface area contributed by atoms with Crippen LogP contribution in [0.1, 0.15) is 18.4 Å². The van der Waals surface area contributed by atoms with E-state index in [2.05, 4.69) is 16.7 Å². The number of hydrogen-bond acceptors (Lipinski definition) is 6. The Labute approximate surface area is 177 Å². The number of benzene rings is 1. The van der Waals surface area contributed by atoms with Gasteiger partial charge in [-0.05, 0) is 23.6 Å². The quantitative estimate of drug-likeness (QED) is 0.524. The van der Waals surface area contributed by atoms with Gasteiger partial charge in [0.05, 0.1) is 19.5 Å². The number of ether oxygens (including phenoxy) is 1. The molecule has 0 bridgehead atoms. The van der Waals surface area contributed by atoms with Crippen molar-refractivity contribution < 1.29 is 28.2 Å². The van der Waals surface area contributed by atoms with Crippen LogP contribution in [0.15, 0.2) is 59.1 Å². The Balaban J connectivity index is 0.000000589. The molecule has 11 heteroatoms. The van der Waals surface area contributed by atoms with Crippen LogP contribution >= 0.6 is 11.3 Å². The van der Waals surface area contributed by atoms with Crippen LogP contribution in [0.2, 0.25) is 0 Å². The summed E-state index contributed by atoms with van der Waals surface area (Å²) in [5.74, 6) is 1.13. The number of methoxy groups -OCH3 is 1. The first-order valence-corrected chi connectivity index (χ1v) is 11.2. The molecule has 3 aromatic rings. The molecule has 3 atom stereocenters. The predicted molar refractivity (Wildman–Crippen MR) is 111 cm³/mol. The van der Waals surface area contributed by atoms with Gasteiger partial charge in [0.1, 0.15) is 9.21 Å². The summed E-state index contributed by atoms with van der Waals surface area (Å²) >= 11 is 1.18. The molecule has 0 unspecified atom stereocenters. The number of rotatable bonds is 6. The number of carboxylic acid groups (broad SMARTS) is 2. The minimum absolute atomic E-state index is 0.0715. The first-order chi connectivity index (χ1) is 14.2. The highest BCUT2D eigenvalue weighted by Crippen LogP contribution is 2.48. The van der Waals surface area contributed by atoms with Crippen LogP contribution in [0.25, 0.3) is 5.00 Å². The van der Waals surface area contributed by atoms with Gasteiger partial charge in [0.25, 0.3) is 0 Å². The Kier molecular flexibility index (Phi) is 6.44. The maximum absolute atomic E-state index is 12.8. The van der Waals surface area contributed by atoms with Crippen molar-refractivity contribution in [3.8, 4) is 10.8 Å². The Morgan fingerprint density at radius 2 is 1.87 bits per heavy atom. The fourth-order valence-corrected chi connectivity index (χ4v) is 5.77. The minimum atomic E-state index is -3.56. The molecule has 0 spiro atoms. The standard InChI is InChI=1S/C18H19N3O3S2.CH2O3/c1-12-17(13-6-4-3-5-7-13)18(12)20-26(22,23)16-9-8-15(25-16)21-11-14(24-2)10-19-21;2-1(3)4/h3-12,17-18,20H,1-2H3;(H2,2,3,4)/t12-,17-,18+;/m1./s1. The summed E-state index contributed by atoms with van der Waals surface area (Å²) < 4.78 is 35.4. The lowest BCUT2D eigenvalue weighted by Gasteiger charge is -2.04. The van der Waals surface area contributed by atoms with Gasteiger partial charge in [0.15, 0.2) is 5.75 Å². The van der Waals surface area contributed by atoms with Gasteiger partial charge in [-0.15, -0.1) is 11.3 Å². The SMILES string of the molecule is COc1cnn(-c2ccc(S(=O)(=O)N[C@H]3[C@H](C)[C@@H]3c3ccccc3)s2)c1.O=C(O)O. The van der Waals surface area contributed by atoms with Crippen molar-refractivity contribution in [1.82, 2.24) is 14.5 Å². The van der Waals surface area contributed by atoms with E-state index in [9.17, 15) is 8.42 Å². The van der Waals surface area contributed by atoms with Crippen LogP contribution < -0.4 is 9.46 Å². The maximum atomic E-state index is 12.8. The Morgan fingerprint density at radius 3 is 2.47 bits per heavy atom. The molecule has 1 aliphatic carbocycles. The summed E-state index contributed by atoms with van der Waals surface area (Å²) in [5, 5.41) is 18.8. The van der Waals surface area contributed by atoms with E-state index >= 15 is 0 Å². The fraction of sp³-hybridized carbons (Fsp3) is 0.263. The van der Waals surface area contributed by atoms with Crippen molar-refractivity contribution in [2.75, 3.05) is 7.11 Å². The van der Waals surface area contributed by atoms with E-state index in [4.69, 9.17) is 19.7 Å². The normalized spacial score (nSPS) is 20.1. The summed E-state index contributed by atoms with van der Waals surface area (Å²) in [6.07, 6.45) is 1.46. The van der Waals surface area contributed by atoms with Crippen LogP contribution in [0, 0.1) is 5.92 Å². The molecule has 4 rings (SSSR count). The summed E-state index contributed by atoms with van der Waals surface area (Å²) in [4.78, 5) is 8.56. The smallest absolute Gasteiger partial charge is 0.493 e. The molecule has 3 N–H and O–H groups in total. The van der Waals surface area contributed by atoms with Crippen LogP contribution in [0.5, 0.6) is 5.75 Å². The second-order valence-electron chi connectivity index (χ2n) is 6.64. The molecule has 0 aliphatic heterocycles. The summed E-state index contributed by atoms with van der Waals surface area (Å²) in [6.45, 7) is 2.07. The molecule has 1 aliphatic rings. The average molecular weight is 452 g/mol. The first-order valence-electron chi connectivity index (χ1n) is 8.91. The molecule has 1 saturated carbocycles. The maximum Gasteiger partial charge on any atom is 0.503 e. The highest BCUT2D eigenvalue weighted by Gasteiger charge is 2.49. The van der Waals surface area contributed by atoms with Crippen molar-refractivity contribution in [3.63, 3.8) is 0 Å². The molecule has 30 heavy (non-hydrogen) atoms. The van der Waals surface area contributed by atoms with E-state index in [1.54, 1.807) is 36.3 Å². The van der Waals surface area contributed by atoms with Gasteiger partial charge >= 0.3 is 6.16 Å². The lowest BCUT2D eigenvalue weighted by Crippen LogP contribution is -2.27. The number of carbonyl (C=O) groups is 1. The summed E-state index contributed by atoms with van der Waals surface area (Å²) in [5.41, 5.74) is 1.17. The van der Waals surface area contributed by atoms with E-state index in [0.29, 0.717) is 5.75 Å². The second kappa shape index (κ2) is 8.86. The Morgan fingerprint density at radius 1 is 1.20 bits per heavy atom. The summed E-state index contributed by atoms with van der Waals surface area (Å²) in [6, 6.07) is 13.3. The first kappa shape index (κ1) is 21.8. The van der Waals surface area contributed by atoms with E-state index in [-0.39, 0.29) is 22.1 Å². The number of hydrogen-bond donors (Lipinski definition) is 3. The topological polar surface area (TPSA) is 131 Å². The van der Waals surface area contributed by atoms with Crippen LogP contribution in [-0.4, -0.2) is 47.7 Å². The molecular weight excluding hydrogens is 430 g/mol. The van der Waals surface area contributed by atoms with E-state index in [1.165, 1.54) is 16.9 Å². The molecule has 0 saturated heterocycles. The van der Waals surface area contributed by atoms with Crippen molar-refractivity contribution in [2.24, 2.45) is 5.92 Å². The molecular formula is C19H21N3O6S2. The third kappa shape index (κ3) is 4.99.